The summed E-state index contributed by atoms with van der Waals surface area (Å²) >= 11 is 3.98. The number of nitrogens with one attached hydrogen (secondary N) is 6. The fourth-order valence-corrected chi connectivity index (χ4v) is 4.53. The second-order valence-electron chi connectivity index (χ2n) is 11.3. The lowest BCUT2D eigenvalue weighted by molar-refractivity contribution is -0.143. The van der Waals surface area contributed by atoms with Crippen molar-refractivity contribution in [3.63, 3.8) is 0 Å². The average Bonchev–Trinajstić information content (AvgIpc) is 3.58. The molecular formula is C28H50N12O9S. The highest BCUT2D eigenvalue weighted by molar-refractivity contribution is 7.80. The van der Waals surface area contributed by atoms with E-state index in [2.05, 4.69) is 54.2 Å². The minimum atomic E-state index is -1.64. The first-order valence-corrected chi connectivity index (χ1v) is 16.4. The molecule has 7 atom stereocenters. The van der Waals surface area contributed by atoms with Gasteiger partial charge in [0, 0.05) is 30.6 Å². The van der Waals surface area contributed by atoms with E-state index in [1.165, 1.54) is 19.4 Å². The molecule has 282 valence electrons. The largest absolute Gasteiger partial charge is 0.480 e. The number of aliphatic hydroxyl groups excluding tert-OH is 2. The maximum absolute atomic E-state index is 13.4. The third-order valence-corrected chi connectivity index (χ3v) is 7.56. The number of carbonyl (C=O) groups is 6. The van der Waals surface area contributed by atoms with Crippen molar-refractivity contribution in [3.8, 4) is 0 Å². The number of amides is 5. The van der Waals surface area contributed by atoms with E-state index < -0.39 is 84.5 Å². The Labute approximate surface area is 293 Å². The molecule has 0 saturated heterocycles. The predicted octanol–water partition coefficient (Wildman–Crippen LogP) is -5.73. The number of hydrogen-bond donors (Lipinski definition) is 14. The molecule has 0 saturated carbocycles. The summed E-state index contributed by atoms with van der Waals surface area (Å²) in [6, 6.07) is -8.29. The minimum Gasteiger partial charge on any atom is -0.480 e. The summed E-state index contributed by atoms with van der Waals surface area (Å²) in [5.41, 5.74) is 22.3. The zero-order valence-electron chi connectivity index (χ0n) is 27.7. The molecule has 50 heavy (non-hydrogen) atoms. The Kier molecular flexibility index (Phi) is 20.0. The summed E-state index contributed by atoms with van der Waals surface area (Å²) in [6.45, 7) is 0.645. The van der Waals surface area contributed by atoms with Gasteiger partial charge in [0.25, 0.3) is 0 Å². The quantitative estimate of drug-likeness (QED) is 0.0204. The maximum atomic E-state index is 13.4. The van der Waals surface area contributed by atoms with Crippen molar-refractivity contribution < 1.29 is 44.1 Å². The van der Waals surface area contributed by atoms with E-state index in [-0.39, 0.29) is 50.5 Å². The van der Waals surface area contributed by atoms with Crippen molar-refractivity contribution in [1.82, 2.24) is 36.6 Å². The summed E-state index contributed by atoms with van der Waals surface area (Å²) in [5.74, 6) is -6.07. The van der Waals surface area contributed by atoms with Gasteiger partial charge in [0.2, 0.25) is 29.5 Å². The van der Waals surface area contributed by atoms with Gasteiger partial charge < -0.3 is 69.8 Å². The molecule has 1 rings (SSSR count). The van der Waals surface area contributed by atoms with E-state index in [0.717, 1.165) is 0 Å². The van der Waals surface area contributed by atoms with Gasteiger partial charge in [-0.3, -0.25) is 29.0 Å². The van der Waals surface area contributed by atoms with Crippen LogP contribution in [0.4, 0.5) is 0 Å². The number of nitrogens with zero attached hydrogens (tertiary/aromatic N) is 2. The third-order valence-electron chi connectivity index (χ3n) is 7.16. The number of carbonyl (C=O) groups excluding carboxylic acids is 5. The molecule has 0 spiro atoms. The van der Waals surface area contributed by atoms with Crippen LogP contribution in [0.1, 0.15) is 44.7 Å². The Bertz CT molecular complexity index is 1280. The monoisotopic (exact) mass is 730 g/mol. The molecule has 21 nitrogen and oxygen atoms in total. The molecule has 1 heterocycles. The number of nitrogens with two attached hydrogens (primary N) is 4. The first kappa shape index (κ1) is 43.5. The smallest absolute Gasteiger partial charge is 0.326 e. The van der Waals surface area contributed by atoms with Crippen LogP contribution < -0.4 is 49.5 Å². The number of imidazole rings is 1. The van der Waals surface area contributed by atoms with Gasteiger partial charge in [-0.05, 0) is 45.6 Å². The highest BCUT2D eigenvalue weighted by Crippen LogP contribution is 2.07. The van der Waals surface area contributed by atoms with E-state index in [0.29, 0.717) is 18.5 Å². The number of aromatic amines is 1. The van der Waals surface area contributed by atoms with Crippen molar-refractivity contribution in [2.45, 2.75) is 87.8 Å². The van der Waals surface area contributed by atoms with E-state index in [1.54, 1.807) is 0 Å². The molecule has 0 aliphatic rings. The van der Waals surface area contributed by atoms with E-state index in [4.69, 9.17) is 22.9 Å². The summed E-state index contributed by atoms with van der Waals surface area (Å²) in [6.07, 6.45) is 2.10. The zero-order chi connectivity index (χ0) is 37.8. The zero-order valence-corrected chi connectivity index (χ0v) is 28.6. The second kappa shape index (κ2) is 23.0. The molecule has 22 heteroatoms. The number of carboxylic acid groups (broad SMARTS) is 1. The van der Waals surface area contributed by atoms with Crippen LogP contribution in [0, 0.1) is 0 Å². The lowest BCUT2D eigenvalue weighted by atomic mass is 10.0. The number of rotatable bonds is 24. The van der Waals surface area contributed by atoms with Crippen molar-refractivity contribution in [2.24, 2.45) is 27.9 Å². The number of H-pyrrole nitrogens is 1. The van der Waals surface area contributed by atoms with Crippen LogP contribution in [0.25, 0.3) is 0 Å². The van der Waals surface area contributed by atoms with E-state index in [9.17, 15) is 44.1 Å². The Morgan fingerprint density at radius 2 is 1.46 bits per heavy atom. The highest BCUT2D eigenvalue weighted by Gasteiger charge is 2.34. The summed E-state index contributed by atoms with van der Waals surface area (Å²) < 4.78 is 0. The molecule has 0 aliphatic carbocycles. The lowest BCUT2D eigenvalue weighted by Crippen LogP contribution is -2.61. The summed E-state index contributed by atoms with van der Waals surface area (Å²) in [5, 5.41) is 41.7. The molecule has 0 aliphatic heterocycles. The predicted molar refractivity (Wildman–Crippen MR) is 183 cm³/mol. The van der Waals surface area contributed by atoms with E-state index >= 15 is 0 Å². The number of aliphatic hydroxyl groups is 2. The number of aromatic nitrogens is 2. The summed E-state index contributed by atoms with van der Waals surface area (Å²) in [7, 11) is 0. The Morgan fingerprint density at radius 3 is 2.00 bits per heavy atom. The SMILES string of the molecule is C[C@@H](O)[C@H](NC(=O)[C@H](CCCCN)NC(=O)[C@H](CO)NC(=O)[C@H](Cc1cnc[nH]1)NC(=O)[C@@H](N)CS)C(=O)N[C@@H](CCCN=C(N)N)C(=O)O. The Morgan fingerprint density at radius 1 is 0.880 bits per heavy atom. The van der Waals surface area contributed by atoms with Gasteiger partial charge in [-0.2, -0.15) is 12.6 Å². The molecule has 17 N–H and O–H groups in total. The Balaban J connectivity index is 3.10. The van der Waals surface area contributed by atoms with Gasteiger partial charge in [0.05, 0.1) is 25.1 Å². The highest BCUT2D eigenvalue weighted by atomic mass is 32.1. The number of carboxylic acids is 1. The van der Waals surface area contributed by atoms with Crippen LogP contribution in [0.15, 0.2) is 17.5 Å². The minimum absolute atomic E-state index is 0.00230. The average molecular weight is 731 g/mol. The van der Waals surface area contributed by atoms with Gasteiger partial charge >= 0.3 is 5.97 Å². The van der Waals surface area contributed by atoms with Gasteiger partial charge in [-0.25, -0.2) is 9.78 Å². The van der Waals surface area contributed by atoms with Crippen LogP contribution in [0.3, 0.4) is 0 Å². The first-order valence-electron chi connectivity index (χ1n) is 15.8. The number of aliphatic imine (C=N–C) groups is 1. The normalized spacial score (nSPS) is 15.2. The molecule has 5 amide bonds. The number of hydrogen-bond acceptors (Lipinski definition) is 13. The molecule has 1 aromatic heterocycles. The molecule has 0 aromatic carbocycles. The first-order chi connectivity index (χ1) is 23.6. The lowest BCUT2D eigenvalue weighted by Gasteiger charge is -2.27. The molecule has 0 fully saturated rings. The molecule has 0 radical (unpaired) electrons. The standard InChI is InChI=1S/C28H50N12O9S/c1-14(42)21(26(47)37-18(27(48)49)6-4-8-34-28(31)32)40-23(44)17(5-2-3-7-29)36-25(46)20(11-41)39-24(45)19(9-15-10-33-13-35-15)38-22(43)16(30)12-50/h10,13-14,16-21,41-42,50H,2-9,11-12,29-30H2,1H3,(H,33,35)(H,36,46)(H,37,47)(H,38,43)(H,39,45)(H,40,44)(H,48,49)(H4,31,32,34)/t14-,16+,17+,18+,19+,20+,21+/m1/s1. The van der Waals surface area contributed by atoms with Gasteiger partial charge in [-0.1, -0.05) is 0 Å². The van der Waals surface area contributed by atoms with Crippen LogP contribution in [0.2, 0.25) is 0 Å². The van der Waals surface area contributed by atoms with Crippen molar-refractivity contribution in [3.05, 3.63) is 18.2 Å². The fraction of sp³-hybridized carbons (Fsp3) is 0.643. The van der Waals surface area contributed by atoms with Gasteiger partial charge in [0.15, 0.2) is 5.96 Å². The fourth-order valence-electron chi connectivity index (χ4n) is 4.37. The molecule has 1 aromatic rings. The molecular weight excluding hydrogens is 680 g/mol. The Hall–Kier alpha value is -4.51. The number of guanidine groups is 1. The second-order valence-corrected chi connectivity index (χ2v) is 11.7. The van der Waals surface area contributed by atoms with Crippen molar-refractivity contribution in [1.29, 1.82) is 0 Å². The third kappa shape index (κ3) is 15.8. The van der Waals surface area contributed by atoms with Crippen molar-refractivity contribution >= 4 is 54.1 Å². The van der Waals surface area contributed by atoms with Crippen LogP contribution in [0.5, 0.6) is 0 Å². The van der Waals surface area contributed by atoms with Crippen LogP contribution in [-0.4, -0.2) is 135 Å². The number of unbranched alkanes of at least 4 members (excludes halogenated alkanes) is 1. The number of thiol groups is 1. The van der Waals surface area contributed by atoms with Crippen LogP contribution >= 0.6 is 12.6 Å². The molecule has 0 bridgehead atoms. The van der Waals surface area contributed by atoms with E-state index in [1.807, 2.05) is 0 Å². The maximum Gasteiger partial charge on any atom is 0.326 e. The summed E-state index contributed by atoms with van der Waals surface area (Å²) in [4.78, 5) is 87.5. The van der Waals surface area contributed by atoms with Gasteiger partial charge in [0.1, 0.15) is 30.2 Å². The topological polar surface area (TPSA) is 368 Å². The molecule has 0 unspecified atom stereocenters. The number of aliphatic carboxylic acids is 1. The van der Waals surface area contributed by atoms with Crippen molar-refractivity contribution in [2.75, 3.05) is 25.4 Å². The van der Waals surface area contributed by atoms with Gasteiger partial charge in [-0.15, -0.1) is 0 Å². The van der Waals surface area contributed by atoms with Crippen LogP contribution in [-0.2, 0) is 35.2 Å².